The van der Waals surface area contributed by atoms with Crippen LogP contribution in [-0.4, -0.2) is 25.4 Å². The number of nitrogens with two attached hydrogens (primary N) is 1. The largest absolute Gasteiger partial charge is 0.366 e. The summed E-state index contributed by atoms with van der Waals surface area (Å²) in [6.07, 6.45) is 5.70. The van der Waals surface area contributed by atoms with Gasteiger partial charge >= 0.3 is 0 Å². The molecule has 2 heterocycles. The van der Waals surface area contributed by atoms with Crippen molar-refractivity contribution in [3.8, 4) is 0 Å². The molecule has 0 saturated heterocycles. The van der Waals surface area contributed by atoms with Crippen molar-refractivity contribution in [2.24, 2.45) is 5.73 Å². The van der Waals surface area contributed by atoms with Gasteiger partial charge in [0.05, 0.1) is 6.33 Å². The van der Waals surface area contributed by atoms with E-state index in [0.29, 0.717) is 17.4 Å². The lowest BCUT2D eigenvalue weighted by molar-refractivity contribution is 0.100. The number of benzene rings is 1. The summed E-state index contributed by atoms with van der Waals surface area (Å²) in [6.45, 7) is 0. The summed E-state index contributed by atoms with van der Waals surface area (Å²) >= 11 is 0. The molecule has 3 aromatic rings. The van der Waals surface area contributed by atoms with E-state index in [-0.39, 0.29) is 0 Å². The highest BCUT2D eigenvalue weighted by Crippen LogP contribution is 2.37. The molecule has 0 radical (unpaired) electrons. The Hall–Kier alpha value is -2.96. The van der Waals surface area contributed by atoms with E-state index in [0.717, 1.165) is 16.9 Å². The van der Waals surface area contributed by atoms with Gasteiger partial charge in [0, 0.05) is 17.3 Å². The molecule has 110 valence electrons. The summed E-state index contributed by atoms with van der Waals surface area (Å²) < 4.78 is 2.10. The van der Waals surface area contributed by atoms with Gasteiger partial charge in [-0.1, -0.05) is 0 Å². The fourth-order valence-corrected chi connectivity index (χ4v) is 2.42. The molecule has 7 nitrogen and oxygen atoms in total. The topological polar surface area (TPSA) is 98.7 Å². The van der Waals surface area contributed by atoms with Gasteiger partial charge in [0.2, 0.25) is 5.91 Å². The van der Waals surface area contributed by atoms with Gasteiger partial charge < -0.3 is 15.6 Å². The predicted octanol–water partition coefficient (Wildman–Crippen LogP) is 2.00. The number of hydrogen-bond acceptors (Lipinski definition) is 5. The van der Waals surface area contributed by atoms with Crippen molar-refractivity contribution in [3.63, 3.8) is 0 Å². The van der Waals surface area contributed by atoms with Crippen molar-refractivity contribution in [2.75, 3.05) is 5.32 Å². The fraction of sp³-hybridized carbons (Fsp3) is 0.200. The third-order valence-electron chi connectivity index (χ3n) is 3.73. The molecule has 1 saturated carbocycles. The number of hydrogen-bond donors (Lipinski definition) is 2. The Morgan fingerprint density at radius 1 is 1.18 bits per heavy atom. The number of nitrogens with one attached hydrogen (secondary N) is 1. The molecular weight excluding hydrogens is 280 g/mol. The van der Waals surface area contributed by atoms with E-state index in [1.165, 1.54) is 19.2 Å². The summed E-state index contributed by atoms with van der Waals surface area (Å²) in [7, 11) is 0. The molecule has 1 amide bonds. The maximum absolute atomic E-state index is 11.1. The van der Waals surface area contributed by atoms with Crippen LogP contribution in [0.3, 0.4) is 0 Å². The molecule has 0 unspecified atom stereocenters. The van der Waals surface area contributed by atoms with Gasteiger partial charge in [0.25, 0.3) is 0 Å². The highest BCUT2D eigenvalue weighted by atomic mass is 16.1. The monoisotopic (exact) mass is 294 g/mol. The van der Waals surface area contributed by atoms with Crippen LogP contribution in [0.15, 0.2) is 36.9 Å². The molecule has 4 rings (SSSR count). The Morgan fingerprint density at radius 2 is 1.95 bits per heavy atom. The minimum atomic E-state index is -0.445. The highest BCUT2D eigenvalue weighted by molar-refractivity contribution is 5.93. The van der Waals surface area contributed by atoms with Gasteiger partial charge in [-0.25, -0.2) is 15.0 Å². The summed E-state index contributed by atoms with van der Waals surface area (Å²) in [5.41, 5.74) is 8.10. The zero-order valence-corrected chi connectivity index (χ0v) is 11.7. The minimum Gasteiger partial charge on any atom is -0.366 e. The number of primary amides is 1. The van der Waals surface area contributed by atoms with Crippen LogP contribution in [0.5, 0.6) is 0 Å². The summed E-state index contributed by atoms with van der Waals surface area (Å²) in [4.78, 5) is 24.1. The second-order valence-electron chi connectivity index (χ2n) is 5.34. The normalized spacial score (nSPS) is 14.2. The molecule has 1 fully saturated rings. The zero-order valence-electron chi connectivity index (χ0n) is 11.7. The van der Waals surface area contributed by atoms with Crippen LogP contribution >= 0.6 is 0 Å². The highest BCUT2D eigenvalue weighted by Gasteiger charge is 2.26. The molecule has 1 aromatic carbocycles. The van der Waals surface area contributed by atoms with Gasteiger partial charge in [-0.3, -0.25) is 4.79 Å². The van der Waals surface area contributed by atoms with Crippen molar-refractivity contribution in [2.45, 2.75) is 18.9 Å². The summed E-state index contributed by atoms with van der Waals surface area (Å²) in [6, 6.07) is 7.43. The average Bonchev–Trinajstić information content (AvgIpc) is 3.27. The van der Waals surface area contributed by atoms with Crippen molar-refractivity contribution >= 4 is 28.6 Å². The van der Waals surface area contributed by atoms with Crippen molar-refractivity contribution in [1.82, 2.24) is 19.5 Å². The molecule has 2 aromatic heterocycles. The quantitative estimate of drug-likeness (QED) is 0.766. The number of amides is 1. The maximum atomic E-state index is 11.1. The second kappa shape index (κ2) is 4.80. The van der Waals surface area contributed by atoms with Crippen molar-refractivity contribution in [1.29, 1.82) is 0 Å². The van der Waals surface area contributed by atoms with Gasteiger partial charge in [0.1, 0.15) is 6.33 Å². The number of nitrogens with zero attached hydrogens (tertiary/aromatic N) is 4. The van der Waals surface area contributed by atoms with Crippen LogP contribution in [0.2, 0.25) is 0 Å². The molecular formula is C15H14N6O. The first-order chi connectivity index (χ1) is 10.7. The zero-order chi connectivity index (χ0) is 15.1. The predicted molar refractivity (Wildman–Crippen MR) is 81.8 cm³/mol. The van der Waals surface area contributed by atoms with E-state index in [9.17, 15) is 4.79 Å². The molecule has 0 atom stereocenters. The van der Waals surface area contributed by atoms with Crippen LogP contribution in [-0.2, 0) is 0 Å². The smallest absolute Gasteiger partial charge is 0.248 e. The van der Waals surface area contributed by atoms with Crippen LogP contribution in [0, 0.1) is 0 Å². The van der Waals surface area contributed by atoms with Crippen LogP contribution < -0.4 is 11.1 Å². The lowest BCUT2D eigenvalue weighted by Gasteiger charge is -2.07. The summed E-state index contributed by atoms with van der Waals surface area (Å²) in [5.74, 6) is 0.204. The number of carbonyl (C=O) groups excluding carboxylic acids is 1. The summed E-state index contributed by atoms with van der Waals surface area (Å²) in [5, 5.41) is 3.21. The number of aromatic nitrogens is 4. The van der Waals surface area contributed by atoms with Gasteiger partial charge in [-0.2, -0.15) is 0 Å². The molecule has 1 aliphatic carbocycles. The van der Waals surface area contributed by atoms with E-state index < -0.39 is 5.91 Å². The van der Waals surface area contributed by atoms with Crippen LogP contribution in [0.4, 0.5) is 11.5 Å². The Balaban J connectivity index is 1.67. The molecule has 1 aliphatic rings. The van der Waals surface area contributed by atoms with Gasteiger partial charge in [-0.15, -0.1) is 0 Å². The van der Waals surface area contributed by atoms with Gasteiger partial charge in [-0.05, 0) is 37.1 Å². The fourth-order valence-electron chi connectivity index (χ4n) is 2.42. The number of rotatable bonds is 4. The van der Waals surface area contributed by atoms with Crippen LogP contribution in [0.25, 0.3) is 11.2 Å². The standard InChI is InChI=1S/C15H14N6O/c16-13(22)9-1-3-10(4-2-9)20-14-12-15(18-7-17-14)21(8-19-12)11-5-6-11/h1-4,7-8,11H,5-6H2,(H2,16,22)(H,17,18,20). The third-order valence-corrected chi connectivity index (χ3v) is 3.73. The molecule has 3 N–H and O–H groups in total. The minimum absolute atomic E-state index is 0.445. The first-order valence-electron chi connectivity index (χ1n) is 7.07. The second-order valence-corrected chi connectivity index (χ2v) is 5.34. The van der Waals surface area contributed by atoms with E-state index >= 15 is 0 Å². The lowest BCUT2D eigenvalue weighted by Crippen LogP contribution is -2.10. The third kappa shape index (κ3) is 2.16. The molecule has 7 heteroatoms. The molecule has 0 aliphatic heterocycles. The first-order valence-corrected chi connectivity index (χ1v) is 7.07. The van der Waals surface area contributed by atoms with E-state index in [1.54, 1.807) is 24.3 Å². The SMILES string of the molecule is NC(=O)c1ccc(Nc2ncnc3c2ncn3C2CC2)cc1. The molecule has 0 spiro atoms. The van der Waals surface area contributed by atoms with Crippen molar-refractivity contribution < 1.29 is 4.79 Å². The lowest BCUT2D eigenvalue weighted by atomic mass is 10.2. The Labute approximate surface area is 126 Å². The Bertz CT molecular complexity index is 850. The van der Waals surface area contributed by atoms with E-state index in [2.05, 4.69) is 24.8 Å². The average molecular weight is 294 g/mol. The Kier molecular flexibility index (Phi) is 2.78. The number of imidazole rings is 1. The number of anilines is 2. The van der Waals surface area contributed by atoms with E-state index in [1.807, 2.05) is 6.33 Å². The number of carbonyl (C=O) groups is 1. The first kappa shape index (κ1) is 12.8. The van der Waals surface area contributed by atoms with Crippen LogP contribution in [0.1, 0.15) is 29.2 Å². The van der Waals surface area contributed by atoms with Gasteiger partial charge in [0.15, 0.2) is 17.0 Å². The maximum Gasteiger partial charge on any atom is 0.248 e. The molecule has 22 heavy (non-hydrogen) atoms. The number of fused-ring (bicyclic) bond motifs is 1. The van der Waals surface area contributed by atoms with Crippen molar-refractivity contribution in [3.05, 3.63) is 42.5 Å². The van der Waals surface area contributed by atoms with E-state index in [4.69, 9.17) is 5.73 Å². The Morgan fingerprint density at radius 3 is 2.64 bits per heavy atom. The molecule has 0 bridgehead atoms.